The van der Waals surface area contributed by atoms with Gasteiger partial charge in [-0.05, 0) is 113 Å². The summed E-state index contributed by atoms with van der Waals surface area (Å²) in [6.07, 6.45) is 9.58. The van der Waals surface area contributed by atoms with Gasteiger partial charge in [0, 0.05) is 12.0 Å². The maximum Gasteiger partial charge on any atom is 0.150 e. The first-order chi connectivity index (χ1) is 15.2. The molecule has 0 aromatic heterocycles. The first kappa shape index (κ1) is 21.5. The van der Waals surface area contributed by atoms with Gasteiger partial charge in [-0.2, -0.15) is 5.26 Å². The number of hydrogen-bond acceptors (Lipinski definition) is 4. The number of halogens is 1. The molecule has 1 saturated heterocycles. The van der Waals surface area contributed by atoms with E-state index < -0.39 is 11.3 Å². The zero-order chi connectivity index (χ0) is 22.5. The van der Waals surface area contributed by atoms with Gasteiger partial charge in [0.15, 0.2) is 5.78 Å². The molecule has 0 aromatic rings. The van der Waals surface area contributed by atoms with E-state index >= 15 is 4.39 Å². The van der Waals surface area contributed by atoms with Crippen LogP contribution in [0.5, 0.6) is 0 Å². The van der Waals surface area contributed by atoms with Gasteiger partial charge < -0.3 is 5.11 Å². The molecule has 5 aliphatic carbocycles. The highest BCUT2D eigenvalue weighted by Crippen LogP contribution is 2.66. The molecule has 0 amide bonds. The van der Waals surface area contributed by atoms with Crippen LogP contribution in [0, 0.1) is 52.3 Å². The SMILES string of the molecule is C[C@@]1(O)CC[C@]2(F)C3CC[C@]4(C)[C@@H](C(=O)CN5C(C#N)C[C@H]6C[C@H]65)CC[C@H]4[C@@H]3CC[C@@H]2C1. The van der Waals surface area contributed by atoms with Gasteiger partial charge in [-0.15, -0.1) is 0 Å². The Morgan fingerprint density at radius 1 is 1.09 bits per heavy atom. The Hall–Kier alpha value is -0.990. The molecular formula is C27H39FN2O2. The lowest BCUT2D eigenvalue weighted by Gasteiger charge is -2.59. The average Bonchev–Trinajstić information content (AvgIpc) is 3.30. The number of hydrogen-bond donors (Lipinski definition) is 1. The highest BCUT2D eigenvalue weighted by Gasteiger charge is 2.64. The molecule has 1 N–H and O–H groups in total. The Morgan fingerprint density at radius 2 is 1.91 bits per heavy atom. The van der Waals surface area contributed by atoms with Crippen molar-refractivity contribution in [3.05, 3.63) is 0 Å². The van der Waals surface area contributed by atoms with Crippen molar-refractivity contribution in [2.24, 2.45) is 40.9 Å². The van der Waals surface area contributed by atoms with E-state index in [-0.39, 0.29) is 29.2 Å². The minimum Gasteiger partial charge on any atom is -0.390 e. The molecule has 0 aromatic carbocycles. The Balaban J connectivity index is 1.19. The van der Waals surface area contributed by atoms with E-state index in [1.165, 1.54) is 0 Å². The van der Waals surface area contributed by atoms with E-state index in [4.69, 9.17) is 0 Å². The van der Waals surface area contributed by atoms with E-state index in [1.54, 1.807) is 0 Å². The van der Waals surface area contributed by atoms with Crippen molar-refractivity contribution in [1.82, 2.24) is 4.90 Å². The predicted molar refractivity (Wildman–Crippen MR) is 119 cm³/mol. The molecule has 6 aliphatic rings. The fourth-order valence-corrected chi connectivity index (χ4v) is 9.70. The highest BCUT2D eigenvalue weighted by atomic mass is 19.1. The summed E-state index contributed by atoms with van der Waals surface area (Å²) in [6.45, 7) is 4.66. The molecule has 4 nitrogen and oxygen atoms in total. The number of aliphatic hydroxyl groups is 1. The van der Waals surface area contributed by atoms with Gasteiger partial charge in [0.2, 0.25) is 0 Å². The second-order valence-corrected chi connectivity index (χ2v) is 13.0. The number of nitrogens with zero attached hydrogens (tertiary/aromatic N) is 2. The van der Waals surface area contributed by atoms with Crippen LogP contribution < -0.4 is 0 Å². The van der Waals surface area contributed by atoms with Crippen LogP contribution >= 0.6 is 0 Å². The van der Waals surface area contributed by atoms with Crippen LogP contribution in [0.15, 0.2) is 0 Å². The second-order valence-electron chi connectivity index (χ2n) is 13.0. The van der Waals surface area contributed by atoms with Gasteiger partial charge in [0.05, 0.1) is 24.3 Å². The molecule has 0 radical (unpaired) electrons. The minimum atomic E-state index is -1.12. The Kier molecular flexibility index (Phi) is 4.72. The van der Waals surface area contributed by atoms with E-state index in [0.717, 1.165) is 51.4 Å². The largest absolute Gasteiger partial charge is 0.390 e. The van der Waals surface area contributed by atoms with Gasteiger partial charge in [-0.1, -0.05) is 6.92 Å². The average molecular weight is 443 g/mol. The number of piperidine rings is 1. The van der Waals surface area contributed by atoms with E-state index in [0.29, 0.717) is 55.4 Å². The monoisotopic (exact) mass is 442 g/mol. The van der Waals surface area contributed by atoms with Crippen LogP contribution in [0.2, 0.25) is 0 Å². The lowest BCUT2D eigenvalue weighted by molar-refractivity contribution is -0.166. The lowest BCUT2D eigenvalue weighted by Crippen LogP contribution is -2.58. The smallest absolute Gasteiger partial charge is 0.150 e. The van der Waals surface area contributed by atoms with Crippen molar-refractivity contribution >= 4 is 5.78 Å². The molecule has 0 bridgehead atoms. The van der Waals surface area contributed by atoms with Crippen molar-refractivity contribution in [1.29, 1.82) is 5.26 Å². The Bertz CT molecular complexity index is 853. The molecular weight excluding hydrogens is 403 g/mol. The van der Waals surface area contributed by atoms with Crippen LogP contribution in [0.25, 0.3) is 0 Å². The zero-order valence-corrected chi connectivity index (χ0v) is 19.7. The Labute approximate surface area is 191 Å². The molecule has 32 heavy (non-hydrogen) atoms. The molecule has 11 atom stereocenters. The molecule has 1 aliphatic heterocycles. The molecule has 0 spiro atoms. The predicted octanol–water partition coefficient (Wildman–Crippen LogP) is 4.65. The number of likely N-dealkylation sites (tertiary alicyclic amines) is 1. The summed E-state index contributed by atoms with van der Waals surface area (Å²) in [5.74, 6) is 2.01. The number of alkyl halides is 1. The van der Waals surface area contributed by atoms with Crippen molar-refractivity contribution < 1.29 is 14.3 Å². The summed E-state index contributed by atoms with van der Waals surface area (Å²) in [7, 11) is 0. The van der Waals surface area contributed by atoms with Gasteiger partial charge in [0.25, 0.3) is 0 Å². The number of ketones is 1. The number of carbonyl (C=O) groups is 1. The van der Waals surface area contributed by atoms with Gasteiger partial charge in [-0.25, -0.2) is 4.39 Å². The normalized spacial score (nSPS) is 56.5. The number of fused-ring (bicyclic) bond motifs is 6. The second kappa shape index (κ2) is 7.01. The number of carbonyl (C=O) groups excluding carboxylic acids is 1. The zero-order valence-electron chi connectivity index (χ0n) is 19.7. The molecule has 6 fully saturated rings. The van der Waals surface area contributed by atoms with Crippen LogP contribution in [-0.2, 0) is 4.79 Å². The maximum atomic E-state index is 16.5. The van der Waals surface area contributed by atoms with Gasteiger partial charge in [0.1, 0.15) is 5.67 Å². The molecule has 176 valence electrons. The standard InChI is InChI=1S/C27H39FN2O2/c1-25(32)9-10-27(28)17(13-25)3-4-19-20-5-6-22(26(20,2)8-7-21(19)27)24(31)15-30-18(14-29)11-16-12-23(16)30/h16-23,32H,3-13,15H2,1-2H3/t16-,17+,18?,19-,20-,21?,22+,23+,25+,26-,27+/m0/s1. The van der Waals surface area contributed by atoms with Crippen molar-refractivity contribution in [2.75, 3.05) is 6.54 Å². The summed E-state index contributed by atoms with van der Waals surface area (Å²) in [5.41, 5.74) is -1.84. The summed E-state index contributed by atoms with van der Waals surface area (Å²) >= 11 is 0. The molecule has 5 saturated carbocycles. The van der Waals surface area contributed by atoms with Gasteiger partial charge in [-0.3, -0.25) is 9.69 Å². The summed E-state index contributed by atoms with van der Waals surface area (Å²) in [4.78, 5) is 15.8. The summed E-state index contributed by atoms with van der Waals surface area (Å²) < 4.78 is 16.5. The van der Waals surface area contributed by atoms with Crippen LogP contribution in [0.4, 0.5) is 4.39 Å². The number of Topliss-reactive ketones (excluding diaryl/α,β-unsaturated/α-hetero) is 1. The van der Waals surface area contributed by atoms with Crippen LogP contribution in [0.1, 0.15) is 84.5 Å². The van der Waals surface area contributed by atoms with Crippen molar-refractivity contribution in [3.63, 3.8) is 0 Å². The topological polar surface area (TPSA) is 64.3 Å². The maximum absolute atomic E-state index is 16.5. The third-order valence-corrected chi connectivity index (χ3v) is 11.4. The lowest BCUT2D eigenvalue weighted by atomic mass is 9.48. The summed E-state index contributed by atoms with van der Waals surface area (Å²) in [5, 5.41) is 20.1. The third-order valence-electron chi connectivity index (χ3n) is 11.4. The minimum absolute atomic E-state index is 0.000238. The number of rotatable bonds is 3. The van der Waals surface area contributed by atoms with Crippen LogP contribution in [0.3, 0.4) is 0 Å². The highest BCUT2D eigenvalue weighted by molar-refractivity contribution is 5.84. The van der Waals surface area contributed by atoms with Crippen molar-refractivity contribution in [2.45, 2.75) is 108 Å². The molecule has 1 heterocycles. The van der Waals surface area contributed by atoms with E-state index in [1.807, 2.05) is 6.92 Å². The summed E-state index contributed by atoms with van der Waals surface area (Å²) in [6, 6.07) is 2.82. The van der Waals surface area contributed by atoms with Crippen molar-refractivity contribution in [3.8, 4) is 6.07 Å². The molecule has 6 rings (SSSR count). The van der Waals surface area contributed by atoms with Gasteiger partial charge >= 0.3 is 0 Å². The quantitative estimate of drug-likeness (QED) is 0.691. The fraction of sp³-hybridized carbons (Fsp3) is 0.926. The molecule has 5 heteroatoms. The van der Waals surface area contributed by atoms with Crippen LogP contribution in [-0.4, -0.2) is 45.7 Å². The fourth-order valence-electron chi connectivity index (χ4n) is 9.70. The van der Waals surface area contributed by atoms with E-state index in [9.17, 15) is 15.2 Å². The van der Waals surface area contributed by atoms with E-state index in [2.05, 4.69) is 17.9 Å². The third kappa shape index (κ3) is 3.01. The first-order valence-corrected chi connectivity index (χ1v) is 13.3. The molecule has 2 unspecified atom stereocenters. The first-order valence-electron chi connectivity index (χ1n) is 13.3. The Morgan fingerprint density at radius 3 is 2.69 bits per heavy atom. The number of nitriles is 1.